The summed E-state index contributed by atoms with van der Waals surface area (Å²) in [6, 6.07) is 22.6. The van der Waals surface area contributed by atoms with Crippen molar-refractivity contribution in [1.82, 2.24) is 9.78 Å². The highest BCUT2D eigenvalue weighted by Gasteiger charge is 2.27. The van der Waals surface area contributed by atoms with Crippen molar-refractivity contribution < 1.29 is 28.5 Å². The summed E-state index contributed by atoms with van der Waals surface area (Å²) in [5.41, 5.74) is 4.40. The molecule has 6 rings (SSSR count). The molecule has 2 aromatic heterocycles. The molecule has 0 fully saturated rings. The van der Waals surface area contributed by atoms with Crippen LogP contribution in [0, 0.1) is 0 Å². The molecule has 0 saturated carbocycles. The molecule has 3 heterocycles. The van der Waals surface area contributed by atoms with Crippen molar-refractivity contribution in [3.05, 3.63) is 90.3 Å². The Balaban J connectivity index is 1.43. The fourth-order valence-electron chi connectivity index (χ4n) is 4.52. The Labute approximate surface area is 206 Å². The van der Waals surface area contributed by atoms with Gasteiger partial charge in [-0.2, -0.15) is 5.10 Å². The maximum absolute atomic E-state index is 12.4. The summed E-state index contributed by atoms with van der Waals surface area (Å²) < 4.78 is 23.8. The van der Waals surface area contributed by atoms with Crippen LogP contribution in [0.4, 0.5) is 0 Å². The molecule has 1 unspecified atom stereocenters. The van der Waals surface area contributed by atoms with Gasteiger partial charge in [0.25, 0.3) is 0 Å². The van der Waals surface area contributed by atoms with Crippen molar-refractivity contribution in [3.63, 3.8) is 0 Å². The van der Waals surface area contributed by atoms with Gasteiger partial charge in [0.2, 0.25) is 6.79 Å². The van der Waals surface area contributed by atoms with E-state index in [1.54, 1.807) is 11.8 Å². The number of carboxylic acids is 1. The van der Waals surface area contributed by atoms with Crippen LogP contribution in [0.1, 0.15) is 17.2 Å². The zero-order valence-corrected chi connectivity index (χ0v) is 19.4. The second-order valence-electron chi connectivity index (χ2n) is 8.48. The lowest BCUT2D eigenvalue weighted by atomic mass is 9.93. The largest absolute Gasteiger partial charge is 0.497 e. The summed E-state index contributed by atoms with van der Waals surface area (Å²) in [4.78, 5) is 12.4. The number of furan rings is 1. The first-order chi connectivity index (χ1) is 17.6. The van der Waals surface area contributed by atoms with Gasteiger partial charge in [-0.15, -0.1) is 0 Å². The Bertz CT molecular complexity index is 1570. The van der Waals surface area contributed by atoms with Crippen molar-refractivity contribution >= 4 is 16.9 Å². The molecule has 0 spiro atoms. The van der Waals surface area contributed by atoms with Crippen LogP contribution < -0.4 is 14.2 Å². The van der Waals surface area contributed by atoms with E-state index in [0.29, 0.717) is 28.3 Å². The molecular formula is C28H22N2O6. The van der Waals surface area contributed by atoms with Gasteiger partial charge in [0.1, 0.15) is 11.3 Å². The van der Waals surface area contributed by atoms with E-state index < -0.39 is 11.9 Å². The van der Waals surface area contributed by atoms with E-state index in [0.717, 1.165) is 28.1 Å². The number of rotatable bonds is 7. The quantitative estimate of drug-likeness (QED) is 0.330. The fourth-order valence-corrected chi connectivity index (χ4v) is 4.52. The molecule has 5 aromatic rings. The molecule has 0 amide bonds. The van der Waals surface area contributed by atoms with Crippen molar-refractivity contribution in [2.75, 3.05) is 13.9 Å². The summed E-state index contributed by atoms with van der Waals surface area (Å²) in [6.45, 7) is 0.181. The molecule has 8 heteroatoms. The zero-order valence-electron chi connectivity index (χ0n) is 19.4. The Kier molecular flexibility index (Phi) is 5.33. The van der Waals surface area contributed by atoms with Crippen LogP contribution >= 0.6 is 0 Å². The third-order valence-corrected chi connectivity index (χ3v) is 6.34. The molecule has 36 heavy (non-hydrogen) atoms. The minimum atomic E-state index is -0.940. The summed E-state index contributed by atoms with van der Waals surface area (Å²) in [5.74, 6) is 0.313. The number of para-hydroxylation sites is 1. The van der Waals surface area contributed by atoms with Crippen LogP contribution in [0.3, 0.4) is 0 Å². The van der Waals surface area contributed by atoms with Crippen LogP contribution in [-0.4, -0.2) is 34.8 Å². The van der Waals surface area contributed by atoms with E-state index in [-0.39, 0.29) is 13.2 Å². The number of ether oxygens (including phenoxy) is 3. The first-order valence-corrected chi connectivity index (χ1v) is 11.4. The number of nitrogens with zero attached hydrogens (tertiary/aromatic N) is 2. The highest BCUT2D eigenvalue weighted by Crippen LogP contribution is 2.37. The third kappa shape index (κ3) is 3.82. The highest BCUT2D eigenvalue weighted by atomic mass is 16.7. The summed E-state index contributed by atoms with van der Waals surface area (Å²) in [6.07, 6.45) is 1.72. The smallest absolute Gasteiger partial charge is 0.311 e. The summed E-state index contributed by atoms with van der Waals surface area (Å²) >= 11 is 0. The van der Waals surface area contributed by atoms with Crippen molar-refractivity contribution in [3.8, 4) is 34.2 Å². The van der Waals surface area contributed by atoms with Gasteiger partial charge in [-0.25, -0.2) is 4.68 Å². The van der Waals surface area contributed by atoms with E-state index in [1.165, 1.54) is 6.26 Å². The monoisotopic (exact) mass is 482 g/mol. The molecule has 3 aromatic carbocycles. The van der Waals surface area contributed by atoms with Gasteiger partial charge in [-0.3, -0.25) is 4.79 Å². The predicted octanol–water partition coefficient (Wildman–Crippen LogP) is 5.43. The van der Waals surface area contributed by atoms with E-state index in [9.17, 15) is 9.90 Å². The first-order valence-electron chi connectivity index (χ1n) is 11.4. The molecular weight excluding hydrogens is 460 g/mol. The van der Waals surface area contributed by atoms with Crippen LogP contribution in [-0.2, 0) is 11.2 Å². The SMILES string of the molecule is COc1ccc(-n2nc(CC(C(=O)O)c3coc4ccccc34)cc2-c2ccc3c(c2)OCO3)cc1. The lowest BCUT2D eigenvalue weighted by Gasteiger charge is -2.10. The van der Waals surface area contributed by atoms with Gasteiger partial charge in [0, 0.05) is 22.9 Å². The van der Waals surface area contributed by atoms with Crippen LogP contribution in [0.5, 0.6) is 17.2 Å². The van der Waals surface area contributed by atoms with Gasteiger partial charge in [0.15, 0.2) is 11.5 Å². The number of carbonyl (C=O) groups is 1. The number of methoxy groups -OCH3 is 1. The topological polar surface area (TPSA) is 96.0 Å². The number of carboxylic acid groups (broad SMARTS) is 1. The van der Waals surface area contributed by atoms with Crippen LogP contribution in [0.15, 0.2) is 83.5 Å². The average molecular weight is 482 g/mol. The molecule has 0 radical (unpaired) electrons. The first kappa shape index (κ1) is 21.8. The third-order valence-electron chi connectivity index (χ3n) is 6.34. The number of aliphatic carboxylic acids is 1. The van der Waals surface area contributed by atoms with Gasteiger partial charge < -0.3 is 23.7 Å². The molecule has 1 atom stereocenters. The summed E-state index contributed by atoms with van der Waals surface area (Å²) in [5, 5.41) is 15.7. The van der Waals surface area contributed by atoms with E-state index in [4.69, 9.17) is 23.7 Å². The normalized spacial score (nSPS) is 13.1. The maximum atomic E-state index is 12.4. The molecule has 180 valence electrons. The second-order valence-corrected chi connectivity index (χ2v) is 8.48. The Morgan fingerprint density at radius 1 is 1.06 bits per heavy atom. The van der Waals surface area contributed by atoms with E-state index >= 15 is 0 Å². The van der Waals surface area contributed by atoms with Gasteiger partial charge >= 0.3 is 5.97 Å². The lowest BCUT2D eigenvalue weighted by Crippen LogP contribution is -2.14. The molecule has 1 aliphatic heterocycles. The van der Waals surface area contributed by atoms with Crippen molar-refractivity contribution in [2.45, 2.75) is 12.3 Å². The Hall–Kier alpha value is -4.72. The molecule has 0 saturated heterocycles. The van der Waals surface area contributed by atoms with Crippen LogP contribution in [0.25, 0.3) is 27.9 Å². The lowest BCUT2D eigenvalue weighted by molar-refractivity contribution is -0.138. The molecule has 8 nitrogen and oxygen atoms in total. The van der Waals surface area contributed by atoms with Crippen molar-refractivity contribution in [1.29, 1.82) is 0 Å². The van der Waals surface area contributed by atoms with Crippen LogP contribution in [0.2, 0.25) is 0 Å². The van der Waals surface area contributed by atoms with E-state index in [1.807, 2.05) is 72.8 Å². The molecule has 0 bridgehead atoms. The number of aromatic nitrogens is 2. The Morgan fingerprint density at radius 2 is 1.86 bits per heavy atom. The minimum absolute atomic E-state index is 0.181. The molecule has 0 aliphatic carbocycles. The predicted molar refractivity (Wildman–Crippen MR) is 132 cm³/mol. The van der Waals surface area contributed by atoms with Gasteiger partial charge in [0.05, 0.1) is 36.4 Å². The average Bonchev–Trinajstić information content (AvgIpc) is 3.65. The van der Waals surface area contributed by atoms with E-state index in [2.05, 4.69) is 0 Å². The zero-order chi connectivity index (χ0) is 24.6. The van der Waals surface area contributed by atoms with Gasteiger partial charge in [-0.05, 0) is 54.6 Å². The highest BCUT2D eigenvalue weighted by molar-refractivity contribution is 5.88. The van der Waals surface area contributed by atoms with Crippen molar-refractivity contribution in [2.24, 2.45) is 0 Å². The maximum Gasteiger partial charge on any atom is 0.311 e. The molecule has 1 aliphatic rings. The Morgan fingerprint density at radius 3 is 2.67 bits per heavy atom. The standard InChI is InChI=1S/C28H22N2O6/c1-33-20-9-7-19(8-10-20)30-24(17-6-11-26-27(12-17)36-16-35-26)14-18(29-30)13-22(28(31)32)23-15-34-25-5-3-2-4-21(23)25/h2-12,14-15,22H,13,16H2,1H3,(H,31,32). The second kappa shape index (κ2) is 8.81. The number of hydrogen-bond acceptors (Lipinski definition) is 6. The number of fused-ring (bicyclic) bond motifs is 2. The number of hydrogen-bond donors (Lipinski definition) is 1. The minimum Gasteiger partial charge on any atom is -0.497 e. The van der Waals surface area contributed by atoms with Gasteiger partial charge in [-0.1, -0.05) is 18.2 Å². The number of benzene rings is 3. The fraction of sp³-hybridized carbons (Fsp3) is 0.143. The molecule has 1 N–H and O–H groups in total. The summed E-state index contributed by atoms with van der Waals surface area (Å²) in [7, 11) is 1.62.